The van der Waals surface area contributed by atoms with Crippen molar-refractivity contribution < 1.29 is 14.3 Å². The van der Waals surface area contributed by atoms with E-state index in [9.17, 15) is 9.59 Å². The number of nitrogens with one attached hydrogen (secondary N) is 1. The maximum absolute atomic E-state index is 11.0. The Morgan fingerprint density at radius 1 is 1.29 bits per heavy atom. The molecule has 1 aromatic rings. The summed E-state index contributed by atoms with van der Waals surface area (Å²) in [6.07, 6.45) is -0.827. The van der Waals surface area contributed by atoms with Crippen molar-refractivity contribution in [2.75, 3.05) is 6.54 Å². The van der Waals surface area contributed by atoms with Gasteiger partial charge in [-0.2, -0.15) is 0 Å². The van der Waals surface area contributed by atoms with E-state index in [-0.39, 0.29) is 6.54 Å². The molecule has 1 aromatic carbocycles. The highest BCUT2D eigenvalue weighted by atomic mass is 16.6. The van der Waals surface area contributed by atoms with Crippen LogP contribution in [0.1, 0.15) is 0 Å². The summed E-state index contributed by atoms with van der Waals surface area (Å²) in [5.41, 5.74) is 4.99. The number of imide groups is 1. The van der Waals surface area contributed by atoms with Gasteiger partial charge in [0.15, 0.2) is 0 Å². The number of hydrogen-bond acceptors (Lipinski definition) is 4. The highest BCUT2D eigenvalue weighted by molar-refractivity contribution is 5.93. The first kappa shape index (κ1) is 10.2. The molecular formula is C9H10N2O3. The summed E-state index contributed by atoms with van der Waals surface area (Å²) in [4.78, 5) is 21.6. The van der Waals surface area contributed by atoms with Crippen molar-refractivity contribution in [3.63, 3.8) is 0 Å². The molecule has 14 heavy (non-hydrogen) atoms. The fourth-order valence-corrected chi connectivity index (χ4v) is 0.786. The number of para-hydroxylation sites is 1. The molecule has 0 aliphatic carbocycles. The molecule has 0 fully saturated rings. The second kappa shape index (κ2) is 4.98. The van der Waals surface area contributed by atoms with Gasteiger partial charge in [0.2, 0.25) is 5.91 Å². The summed E-state index contributed by atoms with van der Waals surface area (Å²) in [6, 6.07) is 8.43. The van der Waals surface area contributed by atoms with Crippen molar-refractivity contribution in [2.45, 2.75) is 0 Å². The van der Waals surface area contributed by atoms with Crippen molar-refractivity contribution >= 4 is 12.0 Å². The van der Waals surface area contributed by atoms with Crippen molar-refractivity contribution in [1.29, 1.82) is 0 Å². The lowest BCUT2D eigenvalue weighted by Crippen LogP contribution is -2.37. The molecular weight excluding hydrogens is 184 g/mol. The molecule has 0 radical (unpaired) electrons. The molecule has 5 nitrogen and oxygen atoms in total. The minimum atomic E-state index is -0.827. The molecule has 0 saturated carbocycles. The minimum absolute atomic E-state index is 0.246. The predicted molar refractivity (Wildman–Crippen MR) is 49.7 cm³/mol. The number of amides is 2. The molecule has 0 aromatic heterocycles. The number of nitrogens with two attached hydrogens (primary N) is 1. The number of benzene rings is 1. The minimum Gasteiger partial charge on any atom is -0.410 e. The average molecular weight is 194 g/mol. The molecule has 0 heterocycles. The van der Waals surface area contributed by atoms with E-state index in [4.69, 9.17) is 10.5 Å². The predicted octanol–water partition coefficient (Wildman–Crippen LogP) is 0.260. The molecule has 0 spiro atoms. The Hall–Kier alpha value is -1.88. The van der Waals surface area contributed by atoms with Crippen LogP contribution in [0.2, 0.25) is 0 Å². The van der Waals surface area contributed by atoms with E-state index in [0.29, 0.717) is 5.75 Å². The Morgan fingerprint density at radius 2 is 1.93 bits per heavy atom. The van der Waals surface area contributed by atoms with Gasteiger partial charge >= 0.3 is 6.09 Å². The van der Waals surface area contributed by atoms with E-state index in [1.165, 1.54) is 0 Å². The maximum Gasteiger partial charge on any atom is 0.419 e. The van der Waals surface area contributed by atoms with E-state index in [2.05, 4.69) is 0 Å². The zero-order chi connectivity index (χ0) is 10.4. The largest absolute Gasteiger partial charge is 0.419 e. The fraction of sp³-hybridized carbons (Fsp3) is 0.111. The molecule has 5 heteroatoms. The van der Waals surface area contributed by atoms with Crippen LogP contribution in [-0.2, 0) is 4.79 Å². The van der Waals surface area contributed by atoms with Gasteiger partial charge in [-0.3, -0.25) is 10.1 Å². The average Bonchev–Trinajstić information content (AvgIpc) is 2.19. The Balaban J connectivity index is 2.46. The van der Waals surface area contributed by atoms with Crippen LogP contribution in [0.5, 0.6) is 5.75 Å². The first-order valence-corrected chi connectivity index (χ1v) is 3.99. The van der Waals surface area contributed by atoms with Gasteiger partial charge in [-0.1, -0.05) is 18.2 Å². The smallest absolute Gasteiger partial charge is 0.410 e. The van der Waals surface area contributed by atoms with Crippen LogP contribution in [0.15, 0.2) is 30.3 Å². The highest BCUT2D eigenvalue weighted by Crippen LogP contribution is 2.07. The lowest BCUT2D eigenvalue weighted by Gasteiger charge is -2.03. The van der Waals surface area contributed by atoms with Gasteiger partial charge in [0.1, 0.15) is 5.75 Å². The van der Waals surface area contributed by atoms with Crippen LogP contribution in [0, 0.1) is 0 Å². The number of ether oxygens (including phenoxy) is 1. The monoisotopic (exact) mass is 194 g/mol. The number of rotatable bonds is 2. The molecule has 0 bridgehead atoms. The lowest BCUT2D eigenvalue weighted by atomic mass is 10.3. The van der Waals surface area contributed by atoms with Gasteiger partial charge in [0.05, 0.1) is 6.54 Å². The zero-order valence-electron chi connectivity index (χ0n) is 7.40. The third-order valence-corrected chi connectivity index (χ3v) is 1.38. The van der Waals surface area contributed by atoms with Crippen molar-refractivity contribution in [2.24, 2.45) is 5.73 Å². The van der Waals surface area contributed by atoms with Crippen LogP contribution < -0.4 is 15.8 Å². The van der Waals surface area contributed by atoms with Crippen LogP contribution in [0.3, 0.4) is 0 Å². The molecule has 0 atom stereocenters. The van der Waals surface area contributed by atoms with Crippen LogP contribution in [0.25, 0.3) is 0 Å². The molecule has 0 aliphatic rings. The maximum atomic E-state index is 11.0. The van der Waals surface area contributed by atoms with Crippen molar-refractivity contribution in [3.05, 3.63) is 30.3 Å². The molecule has 0 saturated heterocycles. The summed E-state index contributed by atoms with van der Waals surface area (Å²) in [5.74, 6) is -0.208. The van der Waals surface area contributed by atoms with Crippen molar-refractivity contribution in [1.82, 2.24) is 5.32 Å². The zero-order valence-corrected chi connectivity index (χ0v) is 7.40. The first-order chi connectivity index (χ1) is 6.72. The lowest BCUT2D eigenvalue weighted by molar-refractivity contribution is -0.118. The van der Waals surface area contributed by atoms with E-state index in [1.54, 1.807) is 30.3 Å². The van der Waals surface area contributed by atoms with Crippen LogP contribution in [-0.4, -0.2) is 18.5 Å². The summed E-state index contributed by atoms with van der Waals surface area (Å²) < 4.78 is 4.76. The van der Waals surface area contributed by atoms with Gasteiger partial charge in [0, 0.05) is 0 Å². The summed E-state index contributed by atoms with van der Waals surface area (Å²) >= 11 is 0. The molecule has 1 rings (SSSR count). The first-order valence-electron chi connectivity index (χ1n) is 3.99. The van der Waals surface area contributed by atoms with Gasteiger partial charge < -0.3 is 10.5 Å². The second-order valence-electron chi connectivity index (χ2n) is 2.45. The Morgan fingerprint density at radius 3 is 2.50 bits per heavy atom. The normalized spacial score (nSPS) is 9.21. The Kier molecular flexibility index (Phi) is 3.63. The summed E-state index contributed by atoms with van der Waals surface area (Å²) in [6.45, 7) is -0.246. The topological polar surface area (TPSA) is 81.4 Å². The van der Waals surface area contributed by atoms with E-state index < -0.39 is 12.0 Å². The SMILES string of the molecule is NCC(=O)NC(=O)Oc1ccccc1. The van der Waals surface area contributed by atoms with Crippen molar-refractivity contribution in [3.8, 4) is 5.75 Å². The number of carbonyl (C=O) groups excluding carboxylic acids is 2. The van der Waals surface area contributed by atoms with E-state index in [1.807, 2.05) is 5.32 Å². The fourth-order valence-electron chi connectivity index (χ4n) is 0.786. The van der Waals surface area contributed by atoms with E-state index in [0.717, 1.165) is 0 Å². The van der Waals surface area contributed by atoms with Crippen LogP contribution in [0.4, 0.5) is 4.79 Å². The molecule has 3 N–H and O–H groups in total. The third-order valence-electron chi connectivity index (χ3n) is 1.38. The highest BCUT2D eigenvalue weighted by Gasteiger charge is 2.07. The molecule has 0 aliphatic heterocycles. The quantitative estimate of drug-likeness (QED) is 0.707. The summed E-state index contributed by atoms with van der Waals surface area (Å²) in [5, 5.41) is 1.95. The number of carbonyl (C=O) groups is 2. The van der Waals surface area contributed by atoms with Gasteiger partial charge in [-0.05, 0) is 12.1 Å². The Bertz CT molecular complexity index is 324. The molecule has 2 amide bonds. The summed E-state index contributed by atoms with van der Waals surface area (Å²) in [7, 11) is 0. The number of hydrogen-bond donors (Lipinski definition) is 2. The van der Waals surface area contributed by atoms with Gasteiger partial charge in [0.25, 0.3) is 0 Å². The van der Waals surface area contributed by atoms with E-state index >= 15 is 0 Å². The van der Waals surface area contributed by atoms with Gasteiger partial charge in [-0.15, -0.1) is 0 Å². The Labute approximate surface area is 80.9 Å². The third kappa shape index (κ3) is 3.24. The van der Waals surface area contributed by atoms with Gasteiger partial charge in [-0.25, -0.2) is 4.79 Å². The van der Waals surface area contributed by atoms with Crippen LogP contribution >= 0.6 is 0 Å². The molecule has 0 unspecified atom stereocenters. The second-order valence-corrected chi connectivity index (χ2v) is 2.45. The molecule has 74 valence electrons. The standard InChI is InChI=1S/C9H10N2O3/c10-6-8(12)11-9(13)14-7-4-2-1-3-5-7/h1-5H,6,10H2,(H,11,12,13).